The molecule has 0 atom stereocenters. The summed E-state index contributed by atoms with van der Waals surface area (Å²) in [5.74, 6) is -1.08. The van der Waals surface area contributed by atoms with Crippen LogP contribution in [-0.4, -0.2) is 25.8 Å². The molecule has 2 aromatic heterocycles. The molecule has 0 spiro atoms. The summed E-state index contributed by atoms with van der Waals surface area (Å²) >= 11 is 3.13. The standard InChI is InChI=1S/C8H5BrN2O3/c9-6-5-2-1-4(12)3-11(5)10-7(6)8(13)14/h1-3,12H,(H,13,14). The van der Waals surface area contributed by atoms with E-state index in [1.807, 2.05) is 0 Å². The molecule has 5 nitrogen and oxygen atoms in total. The number of carboxylic acid groups (broad SMARTS) is 1. The third-order valence-electron chi connectivity index (χ3n) is 1.76. The molecule has 0 amide bonds. The zero-order valence-corrected chi connectivity index (χ0v) is 8.39. The van der Waals surface area contributed by atoms with Gasteiger partial charge in [0.25, 0.3) is 0 Å². The second-order valence-corrected chi connectivity index (χ2v) is 3.48. The molecule has 0 saturated heterocycles. The fraction of sp³-hybridized carbons (Fsp3) is 0. The molecule has 2 heterocycles. The summed E-state index contributed by atoms with van der Waals surface area (Å²) in [6.45, 7) is 0. The van der Waals surface area contributed by atoms with Crippen LogP contribution in [0.1, 0.15) is 10.5 Å². The Balaban J connectivity index is 2.79. The Morgan fingerprint density at radius 1 is 1.50 bits per heavy atom. The van der Waals surface area contributed by atoms with E-state index >= 15 is 0 Å². The van der Waals surface area contributed by atoms with Crippen molar-refractivity contribution in [3.8, 4) is 5.75 Å². The lowest BCUT2D eigenvalue weighted by molar-refractivity contribution is 0.0689. The van der Waals surface area contributed by atoms with E-state index in [1.165, 1.54) is 16.8 Å². The summed E-state index contributed by atoms with van der Waals surface area (Å²) in [5, 5.41) is 21.7. The molecule has 0 radical (unpaired) electrons. The first-order valence-electron chi connectivity index (χ1n) is 3.70. The van der Waals surface area contributed by atoms with Gasteiger partial charge in [0, 0.05) is 0 Å². The van der Waals surface area contributed by atoms with Crippen LogP contribution in [0, 0.1) is 0 Å². The van der Waals surface area contributed by atoms with Crippen LogP contribution in [0.5, 0.6) is 5.75 Å². The first-order chi connectivity index (χ1) is 6.59. The third kappa shape index (κ3) is 1.24. The second-order valence-electron chi connectivity index (χ2n) is 2.68. The highest BCUT2D eigenvalue weighted by molar-refractivity contribution is 9.10. The van der Waals surface area contributed by atoms with E-state index in [0.29, 0.717) is 9.99 Å². The van der Waals surface area contributed by atoms with Gasteiger partial charge in [-0.25, -0.2) is 9.31 Å². The maximum Gasteiger partial charge on any atom is 0.357 e. The van der Waals surface area contributed by atoms with E-state index in [0.717, 1.165) is 0 Å². The molecule has 0 unspecified atom stereocenters. The number of rotatable bonds is 1. The van der Waals surface area contributed by atoms with Gasteiger partial charge in [-0.15, -0.1) is 0 Å². The van der Waals surface area contributed by atoms with Gasteiger partial charge in [0.05, 0.1) is 16.2 Å². The van der Waals surface area contributed by atoms with Gasteiger partial charge in [0.15, 0.2) is 5.69 Å². The van der Waals surface area contributed by atoms with E-state index in [4.69, 9.17) is 10.2 Å². The number of nitrogens with zero attached hydrogens (tertiary/aromatic N) is 2. The van der Waals surface area contributed by atoms with Crippen LogP contribution in [0.3, 0.4) is 0 Å². The number of hydrogen-bond donors (Lipinski definition) is 2. The van der Waals surface area contributed by atoms with Crippen LogP contribution in [0.4, 0.5) is 0 Å². The number of hydrogen-bond acceptors (Lipinski definition) is 3. The SMILES string of the molecule is O=C(O)c1nn2cc(O)ccc2c1Br. The van der Waals surface area contributed by atoms with Gasteiger partial charge in [0.1, 0.15) is 5.75 Å². The van der Waals surface area contributed by atoms with Crippen molar-refractivity contribution < 1.29 is 15.0 Å². The molecule has 0 aliphatic rings. The van der Waals surface area contributed by atoms with E-state index < -0.39 is 5.97 Å². The Hall–Kier alpha value is -1.56. The molecule has 0 aliphatic carbocycles. The van der Waals surface area contributed by atoms with Crippen molar-refractivity contribution in [1.29, 1.82) is 0 Å². The van der Waals surface area contributed by atoms with E-state index in [1.54, 1.807) is 6.07 Å². The Kier molecular flexibility index (Phi) is 1.92. The van der Waals surface area contributed by atoms with Gasteiger partial charge in [-0.2, -0.15) is 5.10 Å². The lowest BCUT2D eigenvalue weighted by Crippen LogP contribution is -1.98. The average molecular weight is 257 g/mol. The van der Waals surface area contributed by atoms with Crippen molar-refractivity contribution >= 4 is 27.4 Å². The van der Waals surface area contributed by atoms with E-state index in [2.05, 4.69) is 21.0 Å². The van der Waals surface area contributed by atoms with Crippen LogP contribution in [0.25, 0.3) is 5.52 Å². The summed E-state index contributed by atoms with van der Waals surface area (Å²) in [7, 11) is 0. The number of aromatic carboxylic acids is 1. The van der Waals surface area contributed by atoms with Crippen molar-refractivity contribution in [1.82, 2.24) is 9.61 Å². The van der Waals surface area contributed by atoms with Crippen molar-refractivity contribution in [2.75, 3.05) is 0 Å². The highest BCUT2D eigenvalue weighted by Crippen LogP contribution is 2.24. The fourth-order valence-electron chi connectivity index (χ4n) is 1.14. The molecule has 6 heteroatoms. The minimum absolute atomic E-state index is 0.0319. The molecule has 2 N–H and O–H groups in total. The van der Waals surface area contributed by atoms with Gasteiger partial charge < -0.3 is 10.2 Å². The lowest BCUT2D eigenvalue weighted by Gasteiger charge is -1.93. The van der Waals surface area contributed by atoms with Crippen LogP contribution in [-0.2, 0) is 0 Å². The van der Waals surface area contributed by atoms with Crippen LogP contribution in [0.15, 0.2) is 22.8 Å². The minimum Gasteiger partial charge on any atom is -0.506 e. The number of carbonyl (C=O) groups is 1. The van der Waals surface area contributed by atoms with Crippen LogP contribution in [0.2, 0.25) is 0 Å². The predicted molar refractivity (Wildman–Crippen MR) is 51.5 cm³/mol. The molecule has 0 aliphatic heterocycles. The molecule has 14 heavy (non-hydrogen) atoms. The summed E-state index contributed by atoms with van der Waals surface area (Å²) in [6, 6.07) is 3.05. The van der Waals surface area contributed by atoms with Crippen molar-refractivity contribution in [3.05, 3.63) is 28.5 Å². The summed E-state index contributed by atoms with van der Waals surface area (Å²) in [6.07, 6.45) is 1.34. The second kappa shape index (κ2) is 2.98. The monoisotopic (exact) mass is 256 g/mol. The van der Waals surface area contributed by atoms with Gasteiger partial charge in [-0.1, -0.05) is 0 Å². The Morgan fingerprint density at radius 3 is 2.86 bits per heavy atom. The highest BCUT2D eigenvalue weighted by Gasteiger charge is 2.16. The summed E-state index contributed by atoms with van der Waals surface area (Å²) in [5.41, 5.74) is 0.524. The number of carboxylic acids is 1. The molecule has 0 saturated carbocycles. The van der Waals surface area contributed by atoms with Crippen LogP contribution >= 0.6 is 15.9 Å². The highest BCUT2D eigenvalue weighted by atomic mass is 79.9. The largest absolute Gasteiger partial charge is 0.506 e. The normalized spacial score (nSPS) is 10.6. The van der Waals surface area contributed by atoms with Gasteiger partial charge in [-0.3, -0.25) is 0 Å². The topological polar surface area (TPSA) is 74.8 Å². The molecular formula is C8H5BrN2O3. The summed E-state index contributed by atoms with van der Waals surface area (Å²) in [4.78, 5) is 10.7. The molecule has 0 bridgehead atoms. The average Bonchev–Trinajstić information content (AvgIpc) is 2.43. The lowest BCUT2D eigenvalue weighted by atomic mass is 10.3. The Morgan fingerprint density at radius 2 is 2.21 bits per heavy atom. The third-order valence-corrected chi connectivity index (χ3v) is 2.54. The molecule has 2 aromatic rings. The summed E-state index contributed by atoms with van der Waals surface area (Å²) < 4.78 is 1.72. The molecule has 2 rings (SSSR count). The molecule has 72 valence electrons. The first-order valence-corrected chi connectivity index (χ1v) is 4.49. The number of aromatic nitrogens is 2. The van der Waals surface area contributed by atoms with Gasteiger partial charge in [-0.05, 0) is 28.1 Å². The van der Waals surface area contributed by atoms with Crippen molar-refractivity contribution in [2.45, 2.75) is 0 Å². The minimum atomic E-state index is -1.11. The maximum atomic E-state index is 10.7. The predicted octanol–water partition coefficient (Wildman–Crippen LogP) is 1.50. The van der Waals surface area contributed by atoms with Crippen LogP contribution < -0.4 is 0 Å². The number of aromatic hydroxyl groups is 1. The van der Waals surface area contributed by atoms with Crippen molar-refractivity contribution in [3.63, 3.8) is 0 Å². The number of fused-ring (bicyclic) bond motifs is 1. The van der Waals surface area contributed by atoms with E-state index in [9.17, 15) is 4.79 Å². The maximum absolute atomic E-state index is 10.7. The van der Waals surface area contributed by atoms with Gasteiger partial charge in [0.2, 0.25) is 0 Å². The zero-order chi connectivity index (χ0) is 10.3. The van der Waals surface area contributed by atoms with E-state index in [-0.39, 0.29) is 11.4 Å². The first kappa shape index (κ1) is 9.01. The number of pyridine rings is 1. The smallest absolute Gasteiger partial charge is 0.357 e. The zero-order valence-electron chi connectivity index (χ0n) is 6.81. The quantitative estimate of drug-likeness (QED) is 0.811. The Bertz CT molecular complexity index is 521. The molecule has 0 fully saturated rings. The van der Waals surface area contributed by atoms with Crippen molar-refractivity contribution in [2.24, 2.45) is 0 Å². The van der Waals surface area contributed by atoms with Gasteiger partial charge >= 0.3 is 5.97 Å². The molecule has 0 aromatic carbocycles. The number of halogens is 1. The molecular weight excluding hydrogens is 252 g/mol. The Labute approximate surface area is 86.7 Å². The fourth-order valence-corrected chi connectivity index (χ4v) is 1.71.